The molecular weight excluding hydrogens is 248 g/mol. The van der Waals surface area contributed by atoms with Crippen LogP contribution in [0.25, 0.3) is 0 Å². The van der Waals surface area contributed by atoms with Gasteiger partial charge in [0.05, 0.1) is 6.10 Å². The standard InChI is InChI=1S/C17H36N2O/c1-5-10-18-13-17(6-2,7-3)14-19-11-8-16(9-12-19)15(4)20/h15-16,18,20H,5-14H2,1-4H3. The summed E-state index contributed by atoms with van der Waals surface area (Å²) in [5.41, 5.74) is 0.423. The van der Waals surface area contributed by atoms with Crippen LogP contribution >= 0.6 is 0 Å². The van der Waals surface area contributed by atoms with Crippen molar-refractivity contribution in [2.75, 3.05) is 32.7 Å². The number of piperidine rings is 1. The number of nitrogens with zero attached hydrogens (tertiary/aromatic N) is 1. The molecule has 1 rings (SSSR count). The molecule has 1 saturated heterocycles. The van der Waals surface area contributed by atoms with E-state index in [0.717, 1.165) is 39.0 Å². The van der Waals surface area contributed by atoms with Gasteiger partial charge in [0.25, 0.3) is 0 Å². The maximum atomic E-state index is 9.70. The lowest BCUT2D eigenvalue weighted by Crippen LogP contribution is -2.47. The van der Waals surface area contributed by atoms with E-state index in [1.165, 1.54) is 25.8 Å². The fraction of sp³-hybridized carbons (Fsp3) is 1.00. The second kappa shape index (κ2) is 9.01. The van der Waals surface area contributed by atoms with Crippen molar-refractivity contribution >= 4 is 0 Å². The lowest BCUT2D eigenvalue weighted by atomic mass is 9.80. The molecule has 0 aromatic heterocycles. The molecular formula is C17H36N2O. The molecule has 1 heterocycles. The maximum absolute atomic E-state index is 9.70. The van der Waals surface area contributed by atoms with E-state index in [2.05, 4.69) is 31.0 Å². The van der Waals surface area contributed by atoms with Crippen LogP contribution in [0.2, 0.25) is 0 Å². The first kappa shape index (κ1) is 17.9. The Labute approximate surface area is 126 Å². The van der Waals surface area contributed by atoms with E-state index in [1.807, 2.05) is 6.92 Å². The van der Waals surface area contributed by atoms with Crippen LogP contribution in [0, 0.1) is 11.3 Å². The molecule has 0 aromatic carbocycles. The van der Waals surface area contributed by atoms with Gasteiger partial charge < -0.3 is 15.3 Å². The van der Waals surface area contributed by atoms with E-state index in [-0.39, 0.29) is 6.10 Å². The number of likely N-dealkylation sites (tertiary alicyclic amines) is 1. The first-order valence-electron chi connectivity index (χ1n) is 8.68. The average Bonchev–Trinajstić information content (AvgIpc) is 2.47. The normalized spacial score (nSPS) is 20.2. The summed E-state index contributed by atoms with van der Waals surface area (Å²) in [6.45, 7) is 14.6. The number of aliphatic hydroxyl groups excluding tert-OH is 1. The van der Waals surface area contributed by atoms with E-state index >= 15 is 0 Å². The fourth-order valence-corrected chi connectivity index (χ4v) is 3.38. The van der Waals surface area contributed by atoms with Gasteiger partial charge in [-0.15, -0.1) is 0 Å². The molecule has 20 heavy (non-hydrogen) atoms. The van der Waals surface area contributed by atoms with Crippen LogP contribution in [0.3, 0.4) is 0 Å². The van der Waals surface area contributed by atoms with E-state index in [0.29, 0.717) is 11.3 Å². The Morgan fingerprint density at radius 2 is 1.80 bits per heavy atom. The summed E-state index contributed by atoms with van der Waals surface area (Å²) >= 11 is 0. The Bertz CT molecular complexity index is 243. The van der Waals surface area contributed by atoms with Gasteiger partial charge >= 0.3 is 0 Å². The molecule has 0 radical (unpaired) electrons. The summed E-state index contributed by atoms with van der Waals surface area (Å²) in [5.74, 6) is 0.516. The van der Waals surface area contributed by atoms with Crippen LogP contribution in [0.15, 0.2) is 0 Å². The predicted octanol–water partition coefficient (Wildman–Crippen LogP) is 2.89. The SMILES string of the molecule is CCCNCC(CC)(CC)CN1CCC(C(C)O)CC1. The largest absolute Gasteiger partial charge is 0.393 e. The maximum Gasteiger partial charge on any atom is 0.0541 e. The second-order valence-electron chi connectivity index (χ2n) is 6.74. The van der Waals surface area contributed by atoms with Gasteiger partial charge in [-0.2, -0.15) is 0 Å². The minimum absolute atomic E-state index is 0.134. The minimum Gasteiger partial charge on any atom is -0.393 e. The van der Waals surface area contributed by atoms with Gasteiger partial charge in [0, 0.05) is 13.1 Å². The summed E-state index contributed by atoms with van der Waals surface area (Å²) in [6.07, 6.45) is 5.88. The van der Waals surface area contributed by atoms with Crippen LogP contribution < -0.4 is 5.32 Å². The summed E-state index contributed by atoms with van der Waals surface area (Å²) in [6, 6.07) is 0. The lowest BCUT2D eigenvalue weighted by Gasteiger charge is -2.41. The van der Waals surface area contributed by atoms with E-state index in [4.69, 9.17) is 0 Å². The molecule has 0 aromatic rings. The topological polar surface area (TPSA) is 35.5 Å². The van der Waals surface area contributed by atoms with Crippen LogP contribution in [0.4, 0.5) is 0 Å². The highest BCUT2D eigenvalue weighted by atomic mass is 16.3. The Morgan fingerprint density at radius 1 is 1.20 bits per heavy atom. The van der Waals surface area contributed by atoms with Gasteiger partial charge in [-0.05, 0) is 70.0 Å². The molecule has 3 heteroatoms. The first-order chi connectivity index (χ1) is 9.56. The first-order valence-corrected chi connectivity index (χ1v) is 8.68. The Kier molecular flexibility index (Phi) is 8.08. The zero-order chi connectivity index (χ0) is 15.0. The molecule has 120 valence electrons. The van der Waals surface area contributed by atoms with Gasteiger partial charge in [-0.1, -0.05) is 20.8 Å². The van der Waals surface area contributed by atoms with Gasteiger partial charge in [0.1, 0.15) is 0 Å². The zero-order valence-electron chi connectivity index (χ0n) is 14.1. The van der Waals surface area contributed by atoms with Crippen LogP contribution in [0.1, 0.15) is 59.8 Å². The lowest BCUT2D eigenvalue weighted by molar-refractivity contribution is 0.0498. The van der Waals surface area contributed by atoms with Crippen molar-refractivity contribution in [1.29, 1.82) is 0 Å². The Morgan fingerprint density at radius 3 is 2.25 bits per heavy atom. The highest BCUT2D eigenvalue weighted by molar-refractivity contribution is 4.85. The number of nitrogens with one attached hydrogen (secondary N) is 1. The smallest absolute Gasteiger partial charge is 0.0541 e. The molecule has 0 spiro atoms. The molecule has 0 aliphatic carbocycles. The van der Waals surface area contributed by atoms with E-state index < -0.39 is 0 Å². The number of hydrogen-bond donors (Lipinski definition) is 2. The number of aliphatic hydroxyl groups is 1. The summed E-state index contributed by atoms with van der Waals surface area (Å²) in [5, 5.41) is 13.3. The molecule has 2 N–H and O–H groups in total. The van der Waals surface area contributed by atoms with Gasteiger partial charge in [-0.25, -0.2) is 0 Å². The summed E-state index contributed by atoms with van der Waals surface area (Å²) in [7, 11) is 0. The third-order valence-electron chi connectivity index (χ3n) is 5.30. The zero-order valence-corrected chi connectivity index (χ0v) is 14.1. The fourth-order valence-electron chi connectivity index (χ4n) is 3.38. The molecule has 1 unspecified atom stereocenters. The van der Waals surface area contributed by atoms with Crippen molar-refractivity contribution in [3.63, 3.8) is 0 Å². The molecule has 1 aliphatic rings. The third kappa shape index (κ3) is 5.34. The summed E-state index contributed by atoms with van der Waals surface area (Å²) < 4.78 is 0. The van der Waals surface area contributed by atoms with Crippen molar-refractivity contribution in [1.82, 2.24) is 10.2 Å². The number of hydrogen-bond acceptors (Lipinski definition) is 3. The van der Waals surface area contributed by atoms with Crippen LogP contribution in [0.5, 0.6) is 0 Å². The molecule has 1 atom stereocenters. The van der Waals surface area contributed by atoms with Gasteiger partial charge in [-0.3, -0.25) is 0 Å². The quantitative estimate of drug-likeness (QED) is 0.639. The average molecular weight is 284 g/mol. The van der Waals surface area contributed by atoms with Crippen molar-refractivity contribution in [2.45, 2.75) is 65.9 Å². The van der Waals surface area contributed by atoms with Crippen LogP contribution in [-0.4, -0.2) is 48.8 Å². The Balaban J connectivity index is 2.45. The monoisotopic (exact) mass is 284 g/mol. The second-order valence-corrected chi connectivity index (χ2v) is 6.74. The van der Waals surface area contributed by atoms with E-state index in [9.17, 15) is 5.11 Å². The third-order valence-corrected chi connectivity index (χ3v) is 5.30. The van der Waals surface area contributed by atoms with Crippen LogP contribution in [-0.2, 0) is 0 Å². The predicted molar refractivity (Wildman–Crippen MR) is 87.0 cm³/mol. The Hall–Kier alpha value is -0.120. The summed E-state index contributed by atoms with van der Waals surface area (Å²) in [4.78, 5) is 2.62. The molecule has 0 saturated carbocycles. The van der Waals surface area contributed by atoms with E-state index in [1.54, 1.807) is 0 Å². The van der Waals surface area contributed by atoms with Crippen molar-refractivity contribution in [3.8, 4) is 0 Å². The highest BCUT2D eigenvalue weighted by Crippen LogP contribution is 2.29. The van der Waals surface area contributed by atoms with Gasteiger partial charge in [0.15, 0.2) is 0 Å². The van der Waals surface area contributed by atoms with Crippen molar-refractivity contribution in [2.24, 2.45) is 11.3 Å². The highest BCUT2D eigenvalue weighted by Gasteiger charge is 2.31. The van der Waals surface area contributed by atoms with Gasteiger partial charge in [0.2, 0.25) is 0 Å². The van der Waals surface area contributed by atoms with Crippen molar-refractivity contribution < 1.29 is 5.11 Å². The molecule has 0 amide bonds. The minimum atomic E-state index is -0.134. The van der Waals surface area contributed by atoms with Crippen molar-refractivity contribution in [3.05, 3.63) is 0 Å². The molecule has 3 nitrogen and oxygen atoms in total. The number of rotatable bonds is 9. The molecule has 1 fully saturated rings. The molecule has 1 aliphatic heterocycles. The molecule has 0 bridgehead atoms.